The Labute approximate surface area is 138 Å². The van der Waals surface area contributed by atoms with Gasteiger partial charge in [0.25, 0.3) is 5.82 Å². The third-order valence-corrected chi connectivity index (χ3v) is 4.80. The average molecular weight is 306 g/mol. The Morgan fingerprint density at radius 1 is 1.09 bits per heavy atom. The number of nitriles is 1. The van der Waals surface area contributed by atoms with Gasteiger partial charge in [0.05, 0.1) is 0 Å². The highest BCUT2D eigenvalue weighted by Gasteiger charge is 2.24. The van der Waals surface area contributed by atoms with Crippen LogP contribution in [0.1, 0.15) is 61.4 Å². The van der Waals surface area contributed by atoms with Gasteiger partial charge in [0.2, 0.25) is 0 Å². The van der Waals surface area contributed by atoms with Crippen LogP contribution in [0, 0.1) is 11.3 Å². The number of hydrogen-bond donors (Lipinski definition) is 1. The minimum Gasteiger partial charge on any atom is -0.286 e. The molecule has 23 heavy (non-hydrogen) atoms. The van der Waals surface area contributed by atoms with Crippen molar-refractivity contribution in [2.24, 2.45) is 0 Å². The Hall–Kier alpha value is -2.34. The fourth-order valence-electron chi connectivity index (χ4n) is 3.48. The molecule has 3 nitrogen and oxygen atoms in total. The fourth-order valence-corrected chi connectivity index (χ4v) is 3.48. The lowest BCUT2D eigenvalue weighted by Gasteiger charge is -2.14. The van der Waals surface area contributed by atoms with Gasteiger partial charge >= 0.3 is 0 Å². The number of aromatic amines is 1. The number of H-pyrrole nitrogens is 1. The van der Waals surface area contributed by atoms with E-state index in [1.165, 1.54) is 36.1 Å². The van der Waals surface area contributed by atoms with Crippen LogP contribution in [0.4, 0.5) is 5.82 Å². The van der Waals surface area contributed by atoms with Crippen LogP contribution in [0.2, 0.25) is 0 Å². The van der Waals surface area contributed by atoms with E-state index in [0.29, 0.717) is 17.3 Å². The van der Waals surface area contributed by atoms with Crippen molar-refractivity contribution in [3.05, 3.63) is 46.6 Å². The Balaban J connectivity index is 2.20. The standard InChI is InChI=1S/C20H23N3/c1-13(2)14-8-10-15(11-9-14)19-16-6-4-3-5-7-18(16)23-20(22)17(19)12-21/h8-11,13H,3-7H2,1-2H3,(H2,22,23)/p+1. The molecule has 1 aromatic carbocycles. The molecule has 0 amide bonds. The van der Waals surface area contributed by atoms with Gasteiger partial charge < -0.3 is 0 Å². The second kappa shape index (κ2) is 6.42. The van der Waals surface area contributed by atoms with Crippen LogP contribution >= 0.6 is 0 Å². The molecular formula is C20H24N3+. The van der Waals surface area contributed by atoms with Gasteiger partial charge in [0.1, 0.15) is 17.3 Å². The largest absolute Gasteiger partial charge is 0.289 e. The van der Waals surface area contributed by atoms with E-state index in [0.717, 1.165) is 24.0 Å². The van der Waals surface area contributed by atoms with E-state index in [1.807, 2.05) is 0 Å². The Morgan fingerprint density at radius 2 is 1.78 bits per heavy atom. The van der Waals surface area contributed by atoms with E-state index in [2.05, 4.69) is 49.2 Å². The number of nitrogens with zero attached hydrogens (tertiary/aromatic N) is 1. The zero-order valence-electron chi connectivity index (χ0n) is 13.9. The lowest BCUT2D eigenvalue weighted by molar-refractivity contribution is -0.373. The summed E-state index contributed by atoms with van der Waals surface area (Å²) >= 11 is 0. The molecule has 1 heterocycles. The maximum absolute atomic E-state index is 9.63. The minimum atomic E-state index is 0.496. The maximum atomic E-state index is 9.63. The normalized spacial score (nSPS) is 14.2. The number of anilines is 1. The zero-order valence-corrected chi connectivity index (χ0v) is 13.9. The van der Waals surface area contributed by atoms with Crippen molar-refractivity contribution in [3.63, 3.8) is 0 Å². The first-order valence-corrected chi connectivity index (χ1v) is 8.48. The summed E-state index contributed by atoms with van der Waals surface area (Å²) < 4.78 is 0. The van der Waals surface area contributed by atoms with Gasteiger partial charge in [-0.1, -0.05) is 44.5 Å². The summed E-state index contributed by atoms with van der Waals surface area (Å²) in [6.07, 6.45) is 5.62. The summed E-state index contributed by atoms with van der Waals surface area (Å²) in [5.41, 5.74) is 12.7. The summed E-state index contributed by atoms with van der Waals surface area (Å²) in [7, 11) is 0. The number of nitrogens with one attached hydrogen (secondary N) is 1. The highest BCUT2D eigenvalue weighted by Crippen LogP contribution is 2.34. The molecule has 0 saturated carbocycles. The number of nitrogen functional groups attached to an aromatic ring is 1. The number of nitrogens with two attached hydrogens (primary N) is 1. The van der Waals surface area contributed by atoms with Gasteiger partial charge in [-0.05, 0) is 36.3 Å². The summed E-state index contributed by atoms with van der Waals surface area (Å²) in [4.78, 5) is 3.28. The van der Waals surface area contributed by atoms with Crippen molar-refractivity contribution in [2.45, 2.75) is 51.9 Å². The maximum Gasteiger partial charge on any atom is 0.289 e. The predicted octanol–water partition coefficient (Wildman–Crippen LogP) is 4.01. The molecule has 2 aromatic rings. The molecule has 3 rings (SSSR count). The first-order chi connectivity index (χ1) is 11.1. The van der Waals surface area contributed by atoms with Gasteiger partial charge in [-0.2, -0.15) is 5.26 Å². The molecule has 0 bridgehead atoms. The third kappa shape index (κ3) is 2.94. The van der Waals surface area contributed by atoms with Gasteiger partial charge in [-0.3, -0.25) is 5.73 Å². The van der Waals surface area contributed by atoms with Crippen LogP contribution in [0.5, 0.6) is 0 Å². The summed E-state index contributed by atoms with van der Waals surface area (Å²) in [6.45, 7) is 4.38. The van der Waals surface area contributed by atoms with E-state index >= 15 is 0 Å². The molecule has 118 valence electrons. The quantitative estimate of drug-likeness (QED) is 0.852. The smallest absolute Gasteiger partial charge is 0.286 e. The van der Waals surface area contributed by atoms with Gasteiger partial charge in [-0.15, -0.1) is 0 Å². The topological polar surface area (TPSA) is 64.0 Å². The highest BCUT2D eigenvalue weighted by molar-refractivity contribution is 5.78. The van der Waals surface area contributed by atoms with Crippen LogP contribution in [-0.4, -0.2) is 0 Å². The van der Waals surface area contributed by atoms with Crippen LogP contribution in [0.15, 0.2) is 24.3 Å². The van der Waals surface area contributed by atoms with E-state index in [-0.39, 0.29) is 0 Å². The first-order valence-electron chi connectivity index (χ1n) is 8.48. The Morgan fingerprint density at radius 3 is 2.43 bits per heavy atom. The van der Waals surface area contributed by atoms with E-state index in [4.69, 9.17) is 5.73 Å². The second-order valence-corrected chi connectivity index (χ2v) is 6.69. The molecule has 0 radical (unpaired) electrons. The first kappa shape index (κ1) is 15.6. The van der Waals surface area contributed by atoms with Crippen LogP contribution in [0.3, 0.4) is 0 Å². The van der Waals surface area contributed by atoms with Crippen LogP contribution in [-0.2, 0) is 12.8 Å². The third-order valence-electron chi connectivity index (χ3n) is 4.80. The predicted molar refractivity (Wildman–Crippen MR) is 92.9 cm³/mol. The number of hydrogen-bond acceptors (Lipinski definition) is 2. The lowest BCUT2D eigenvalue weighted by Crippen LogP contribution is -2.21. The highest BCUT2D eigenvalue weighted by atomic mass is 14.9. The van der Waals surface area contributed by atoms with E-state index in [9.17, 15) is 5.26 Å². The summed E-state index contributed by atoms with van der Waals surface area (Å²) in [6, 6.07) is 10.9. The monoisotopic (exact) mass is 306 g/mol. The zero-order chi connectivity index (χ0) is 16.4. The van der Waals surface area contributed by atoms with Crippen molar-refractivity contribution in [3.8, 4) is 17.2 Å². The van der Waals surface area contributed by atoms with E-state index < -0.39 is 0 Å². The molecule has 0 unspecified atom stereocenters. The number of fused-ring (bicyclic) bond motifs is 1. The number of benzene rings is 1. The average Bonchev–Trinajstić information content (AvgIpc) is 2.78. The molecule has 0 atom stereocenters. The summed E-state index contributed by atoms with van der Waals surface area (Å²) in [5, 5.41) is 9.63. The van der Waals surface area contributed by atoms with Crippen molar-refractivity contribution in [1.82, 2.24) is 0 Å². The van der Waals surface area contributed by atoms with Gasteiger partial charge in [-0.25, -0.2) is 4.98 Å². The van der Waals surface area contributed by atoms with Gasteiger partial charge in [0.15, 0.2) is 0 Å². The molecular weight excluding hydrogens is 282 g/mol. The molecule has 0 fully saturated rings. The van der Waals surface area contributed by atoms with Crippen molar-refractivity contribution in [2.75, 3.05) is 5.73 Å². The molecule has 0 aliphatic heterocycles. The number of aromatic nitrogens is 1. The van der Waals surface area contributed by atoms with Crippen molar-refractivity contribution in [1.29, 1.82) is 5.26 Å². The van der Waals surface area contributed by atoms with E-state index in [1.54, 1.807) is 0 Å². The van der Waals surface area contributed by atoms with Crippen LogP contribution in [0.25, 0.3) is 11.1 Å². The molecule has 1 aromatic heterocycles. The van der Waals surface area contributed by atoms with Crippen molar-refractivity contribution < 1.29 is 4.98 Å². The Kier molecular flexibility index (Phi) is 4.34. The molecule has 1 aliphatic rings. The SMILES string of the molecule is CC(C)c1ccc(-c2c(C#N)c(N)[nH+]c3c2CCCCC3)cc1. The fraction of sp³-hybridized carbons (Fsp3) is 0.400. The minimum absolute atomic E-state index is 0.496. The second-order valence-electron chi connectivity index (χ2n) is 6.69. The number of rotatable bonds is 2. The molecule has 3 N–H and O–H groups in total. The molecule has 0 saturated heterocycles. The van der Waals surface area contributed by atoms with Crippen LogP contribution < -0.4 is 10.7 Å². The molecule has 0 spiro atoms. The number of pyridine rings is 1. The summed E-state index contributed by atoms with van der Waals surface area (Å²) in [5.74, 6) is 1.00. The lowest BCUT2D eigenvalue weighted by atomic mass is 9.90. The molecule has 3 heteroatoms. The van der Waals surface area contributed by atoms with Crippen molar-refractivity contribution >= 4 is 5.82 Å². The molecule has 1 aliphatic carbocycles. The van der Waals surface area contributed by atoms with Gasteiger partial charge in [0, 0.05) is 17.5 Å². The number of aryl methyl sites for hydroxylation is 1. The Bertz CT molecular complexity index is 752.